The molecule has 2 aromatic carbocycles. The highest BCUT2D eigenvalue weighted by molar-refractivity contribution is 6.43. The SMILES string of the molecule is CO/N=C(\C(=O)OC)c1ccccc1CO/C=N/OCc1ccccc1. The molecule has 0 saturated heterocycles. The number of oxime groups is 2. The van der Waals surface area contributed by atoms with Crippen LogP contribution in [-0.4, -0.2) is 32.3 Å². The first-order valence-corrected chi connectivity index (χ1v) is 7.83. The lowest BCUT2D eigenvalue weighted by Crippen LogP contribution is -2.19. The Morgan fingerprint density at radius 2 is 1.73 bits per heavy atom. The van der Waals surface area contributed by atoms with Gasteiger partial charge in [-0.15, -0.1) is 0 Å². The van der Waals surface area contributed by atoms with Crippen LogP contribution in [0.25, 0.3) is 0 Å². The number of carbonyl (C=O) groups excluding carboxylic acids is 1. The van der Waals surface area contributed by atoms with Gasteiger partial charge in [0.25, 0.3) is 0 Å². The van der Waals surface area contributed by atoms with Gasteiger partial charge in [-0.25, -0.2) is 4.79 Å². The first-order chi connectivity index (χ1) is 12.8. The Morgan fingerprint density at radius 3 is 2.46 bits per heavy atom. The minimum absolute atomic E-state index is 0.0615. The number of methoxy groups -OCH3 is 1. The lowest BCUT2D eigenvalue weighted by molar-refractivity contribution is -0.132. The molecule has 0 aromatic heterocycles. The highest BCUT2D eigenvalue weighted by Crippen LogP contribution is 2.13. The summed E-state index contributed by atoms with van der Waals surface area (Å²) >= 11 is 0. The van der Waals surface area contributed by atoms with Crippen molar-refractivity contribution in [1.82, 2.24) is 0 Å². The van der Waals surface area contributed by atoms with Crippen LogP contribution in [0, 0.1) is 0 Å². The number of nitrogens with zero attached hydrogens (tertiary/aromatic N) is 2. The van der Waals surface area contributed by atoms with Crippen LogP contribution in [0.1, 0.15) is 16.7 Å². The fraction of sp³-hybridized carbons (Fsp3) is 0.211. The molecule has 0 atom stereocenters. The van der Waals surface area contributed by atoms with Crippen LogP contribution in [-0.2, 0) is 37.2 Å². The van der Waals surface area contributed by atoms with E-state index in [-0.39, 0.29) is 12.3 Å². The van der Waals surface area contributed by atoms with Crippen molar-refractivity contribution in [2.45, 2.75) is 13.2 Å². The Morgan fingerprint density at radius 1 is 1.00 bits per heavy atom. The standard InChI is InChI=1S/C19H20N2O5/c1-23-19(22)18(21-24-2)17-11-7-6-10-16(17)13-25-14-20-26-12-15-8-4-3-5-9-15/h3-11,14H,12-13H2,1-2H3/b20-14+,21-18-. The summed E-state index contributed by atoms with van der Waals surface area (Å²) in [7, 11) is 2.64. The van der Waals surface area contributed by atoms with Gasteiger partial charge < -0.3 is 19.1 Å². The Kier molecular flexibility index (Phi) is 7.67. The van der Waals surface area contributed by atoms with E-state index in [1.807, 2.05) is 42.5 Å². The molecule has 7 nitrogen and oxygen atoms in total. The van der Waals surface area contributed by atoms with E-state index >= 15 is 0 Å². The second-order valence-corrected chi connectivity index (χ2v) is 5.05. The van der Waals surface area contributed by atoms with Crippen molar-refractivity contribution < 1.29 is 23.9 Å². The van der Waals surface area contributed by atoms with Crippen molar-refractivity contribution >= 4 is 18.1 Å². The summed E-state index contributed by atoms with van der Waals surface area (Å²) in [4.78, 5) is 21.8. The third-order valence-corrected chi connectivity index (χ3v) is 3.34. The van der Waals surface area contributed by atoms with E-state index in [0.717, 1.165) is 11.1 Å². The van der Waals surface area contributed by atoms with Crippen LogP contribution in [0.15, 0.2) is 64.9 Å². The summed E-state index contributed by atoms with van der Waals surface area (Å²) in [5.74, 6) is -0.598. The van der Waals surface area contributed by atoms with Gasteiger partial charge in [0.1, 0.15) is 20.3 Å². The summed E-state index contributed by atoms with van der Waals surface area (Å²) in [6.45, 7) is 0.526. The highest BCUT2D eigenvalue weighted by Gasteiger charge is 2.18. The Balaban J connectivity index is 1.94. The molecule has 0 spiro atoms. The van der Waals surface area contributed by atoms with Gasteiger partial charge in [0, 0.05) is 5.56 Å². The van der Waals surface area contributed by atoms with Gasteiger partial charge in [-0.3, -0.25) is 0 Å². The topological polar surface area (TPSA) is 78.7 Å². The van der Waals surface area contributed by atoms with Gasteiger partial charge in [-0.05, 0) is 11.1 Å². The van der Waals surface area contributed by atoms with Crippen LogP contribution >= 0.6 is 0 Å². The quantitative estimate of drug-likeness (QED) is 0.299. The molecule has 0 aliphatic carbocycles. The van der Waals surface area contributed by atoms with Crippen molar-refractivity contribution in [3.05, 3.63) is 71.3 Å². The van der Waals surface area contributed by atoms with Crippen LogP contribution in [0.3, 0.4) is 0 Å². The second-order valence-electron chi connectivity index (χ2n) is 5.05. The van der Waals surface area contributed by atoms with Gasteiger partial charge >= 0.3 is 5.97 Å². The molecule has 0 aliphatic heterocycles. The maximum Gasteiger partial charge on any atom is 0.360 e. The van der Waals surface area contributed by atoms with Crippen LogP contribution < -0.4 is 0 Å². The van der Waals surface area contributed by atoms with E-state index in [4.69, 9.17) is 19.1 Å². The number of rotatable bonds is 9. The summed E-state index contributed by atoms with van der Waals surface area (Å²) < 4.78 is 10.1. The molecule has 0 N–H and O–H groups in total. The number of hydrogen-bond donors (Lipinski definition) is 0. The van der Waals surface area contributed by atoms with E-state index in [2.05, 4.69) is 10.3 Å². The Labute approximate surface area is 151 Å². The normalized spacial score (nSPS) is 11.2. The van der Waals surface area contributed by atoms with Gasteiger partial charge in [-0.2, -0.15) is 0 Å². The number of benzene rings is 2. The van der Waals surface area contributed by atoms with Crippen molar-refractivity contribution in [3.63, 3.8) is 0 Å². The Hall–Kier alpha value is -3.35. The summed E-state index contributed by atoms with van der Waals surface area (Å²) in [5.41, 5.74) is 2.35. The van der Waals surface area contributed by atoms with Crippen molar-refractivity contribution in [1.29, 1.82) is 0 Å². The maximum absolute atomic E-state index is 11.9. The molecule has 7 heteroatoms. The van der Waals surface area contributed by atoms with Crippen molar-refractivity contribution in [2.75, 3.05) is 14.2 Å². The second kappa shape index (κ2) is 10.5. The lowest BCUT2D eigenvalue weighted by Gasteiger charge is -2.09. The number of esters is 1. The number of carbonyl (C=O) groups is 1. The van der Waals surface area contributed by atoms with Gasteiger partial charge in [0.15, 0.2) is 5.71 Å². The first-order valence-electron chi connectivity index (χ1n) is 7.83. The molecule has 2 rings (SSSR count). The fourth-order valence-corrected chi connectivity index (χ4v) is 2.14. The molecule has 0 bridgehead atoms. The summed E-state index contributed by atoms with van der Waals surface area (Å²) in [5, 5.41) is 7.50. The molecule has 0 unspecified atom stereocenters. The van der Waals surface area contributed by atoms with E-state index in [9.17, 15) is 4.79 Å². The molecule has 26 heavy (non-hydrogen) atoms. The third-order valence-electron chi connectivity index (χ3n) is 3.34. The monoisotopic (exact) mass is 356 g/mol. The van der Waals surface area contributed by atoms with Gasteiger partial charge in [-0.1, -0.05) is 64.9 Å². The average Bonchev–Trinajstić information content (AvgIpc) is 2.69. The lowest BCUT2D eigenvalue weighted by atomic mass is 10.0. The molecule has 2 aromatic rings. The summed E-state index contributed by atoms with van der Waals surface area (Å²) in [6.07, 6.45) is 1.21. The minimum atomic E-state index is -0.598. The smallest absolute Gasteiger partial charge is 0.360 e. The fourth-order valence-electron chi connectivity index (χ4n) is 2.14. The molecule has 0 heterocycles. The van der Waals surface area contributed by atoms with Crippen LogP contribution in [0.5, 0.6) is 0 Å². The van der Waals surface area contributed by atoms with E-state index < -0.39 is 5.97 Å². The molecule has 0 amide bonds. The van der Waals surface area contributed by atoms with E-state index in [1.54, 1.807) is 12.1 Å². The highest BCUT2D eigenvalue weighted by atomic mass is 16.6. The predicted octanol–water partition coefficient (Wildman–Crippen LogP) is 2.89. The molecule has 0 radical (unpaired) electrons. The van der Waals surface area contributed by atoms with Crippen LogP contribution in [0.2, 0.25) is 0 Å². The zero-order valence-corrected chi connectivity index (χ0v) is 14.6. The summed E-state index contributed by atoms with van der Waals surface area (Å²) in [6, 6.07) is 16.8. The van der Waals surface area contributed by atoms with Gasteiger partial charge in [0.05, 0.1) is 7.11 Å². The predicted molar refractivity (Wildman–Crippen MR) is 96.5 cm³/mol. The molecular formula is C19H20N2O5. The van der Waals surface area contributed by atoms with E-state index in [0.29, 0.717) is 12.2 Å². The third kappa shape index (κ3) is 5.62. The van der Waals surface area contributed by atoms with Crippen LogP contribution in [0.4, 0.5) is 0 Å². The molecule has 0 saturated carbocycles. The average molecular weight is 356 g/mol. The molecule has 0 fully saturated rings. The molecular weight excluding hydrogens is 336 g/mol. The molecule has 0 aliphatic rings. The zero-order valence-electron chi connectivity index (χ0n) is 14.6. The van der Waals surface area contributed by atoms with E-state index in [1.165, 1.54) is 20.6 Å². The first kappa shape index (κ1) is 19.0. The zero-order chi connectivity index (χ0) is 18.6. The molecule has 136 valence electrons. The van der Waals surface area contributed by atoms with Gasteiger partial charge in [0.2, 0.25) is 6.40 Å². The number of hydrogen-bond acceptors (Lipinski definition) is 7. The van der Waals surface area contributed by atoms with Crippen molar-refractivity contribution in [3.8, 4) is 0 Å². The largest absolute Gasteiger partial charge is 0.476 e. The minimum Gasteiger partial charge on any atom is -0.476 e. The van der Waals surface area contributed by atoms with Crippen molar-refractivity contribution in [2.24, 2.45) is 10.3 Å². The Bertz CT molecular complexity index is 760. The number of ether oxygens (including phenoxy) is 2. The maximum atomic E-state index is 11.9.